The van der Waals surface area contributed by atoms with Crippen molar-refractivity contribution in [3.05, 3.63) is 24.3 Å². The summed E-state index contributed by atoms with van der Waals surface area (Å²) in [5.41, 5.74) is 0. The summed E-state index contributed by atoms with van der Waals surface area (Å²) in [6.45, 7) is 7.06. The summed E-state index contributed by atoms with van der Waals surface area (Å²) >= 11 is 0. The Hall–Kier alpha value is -2.46. The van der Waals surface area contributed by atoms with Gasteiger partial charge in [-0.2, -0.15) is 0 Å². The first kappa shape index (κ1) is 90.5. The van der Waals surface area contributed by atoms with E-state index in [1.807, 2.05) is 0 Å². The quantitative estimate of drug-likeness (QED) is 0.0169. The fraction of sp³-hybridized carbons (Fsp3) is 0.892. The number of unbranched alkanes of at least 4 members (excludes halogenated alkanes) is 41. The van der Waals surface area contributed by atoms with Gasteiger partial charge < -0.3 is 33.8 Å². The first-order valence-corrected chi connectivity index (χ1v) is 40.9. The number of carbonyl (C=O) groups excluding carboxylic acids is 4. The summed E-state index contributed by atoms with van der Waals surface area (Å²) in [6, 6.07) is 0. The molecule has 3 N–H and O–H groups in total. The van der Waals surface area contributed by atoms with Crippen molar-refractivity contribution in [2.45, 2.75) is 380 Å². The third kappa shape index (κ3) is 67.9. The highest BCUT2D eigenvalue weighted by Gasteiger charge is 2.30. The van der Waals surface area contributed by atoms with Crippen molar-refractivity contribution in [2.24, 2.45) is 5.92 Å². The molecule has 2 unspecified atom stereocenters. The van der Waals surface area contributed by atoms with Crippen LogP contribution in [-0.4, -0.2) is 96.7 Å². The number of ether oxygens (including phenoxy) is 4. The number of phosphoric ester groups is 2. The second kappa shape index (κ2) is 66.8. The summed E-state index contributed by atoms with van der Waals surface area (Å²) in [5, 5.41) is 10.6. The van der Waals surface area contributed by atoms with Gasteiger partial charge >= 0.3 is 39.5 Å². The van der Waals surface area contributed by atoms with E-state index in [0.29, 0.717) is 25.7 Å². The van der Waals surface area contributed by atoms with Gasteiger partial charge in [0.2, 0.25) is 0 Å². The average Bonchev–Trinajstić information content (AvgIpc) is 2.22. The number of allylic oxidation sites excluding steroid dienone is 4. The first-order chi connectivity index (χ1) is 45.0. The van der Waals surface area contributed by atoms with E-state index in [-0.39, 0.29) is 25.7 Å². The second-order valence-corrected chi connectivity index (χ2v) is 29.4. The van der Waals surface area contributed by atoms with Crippen LogP contribution >= 0.6 is 15.6 Å². The maximum Gasteiger partial charge on any atom is 0.472 e. The summed E-state index contributed by atoms with van der Waals surface area (Å²) in [7, 11) is -9.91. The smallest absolute Gasteiger partial charge is 0.462 e. The molecule has 0 saturated heterocycles. The van der Waals surface area contributed by atoms with Gasteiger partial charge in [-0.05, 0) is 57.3 Å². The molecule has 0 spiro atoms. The lowest BCUT2D eigenvalue weighted by molar-refractivity contribution is -0.161. The highest BCUT2D eigenvalue weighted by molar-refractivity contribution is 7.47. The summed E-state index contributed by atoms with van der Waals surface area (Å²) < 4.78 is 68.1. The fourth-order valence-electron chi connectivity index (χ4n) is 10.8. The van der Waals surface area contributed by atoms with Gasteiger partial charge in [0.1, 0.15) is 19.3 Å². The first-order valence-electron chi connectivity index (χ1n) is 38.0. The van der Waals surface area contributed by atoms with E-state index in [2.05, 4.69) is 58.9 Å². The SMILES string of the molecule is CCCCCC/C=C\C=C/CCCCCCCC(=O)OC[C@H](COP(=O)(O)OC[C@@H](O)COP(=O)(O)OC[C@@H](COC(=O)CCCCCCC)OC(=O)CCCCCCCCCCC(C)C)OC(=O)CCCCCCCCCCCCCCCCCCCCCCCC. The lowest BCUT2D eigenvalue weighted by atomic mass is 10.0. The highest BCUT2D eigenvalue weighted by Crippen LogP contribution is 2.45. The molecule has 0 aliphatic carbocycles. The summed E-state index contributed by atoms with van der Waals surface area (Å²) in [6.07, 6.45) is 58.4. The Kier molecular flexibility index (Phi) is 65.0. The van der Waals surface area contributed by atoms with Gasteiger partial charge in [0, 0.05) is 25.7 Å². The van der Waals surface area contributed by atoms with Crippen LogP contribution in [0.3, 0.4) is 0 Å². The van der Waals surface area contributed by atoms with E-state index < -0.39 is 97.5 Å². The minimum absolute atomic E-state index is 0.101. The molecule has 93 heavy (non-hydrogen) atoms. The molecule has 0 amide bonds. The third-order valence-electron chi connectivity index (χ3n) is 16.7. The van der Waals surface area contributed by atoms with Crippen molar-refractivity contribution >= 4 is 39.5 Å². The molecule has 0 fully saturated rings. The summed E-state index contributed by atoms with van der Waals surface area (Å²) in [5.74, 6) is -1.45. The van der Waals surface area contributed by atoms with E-state index in [1.165, 1.54) is 161 Å². The predicted molar refractivity (Wildman–Crippen MR) is 377 cm³/mol. The van der Waals surface area contributed by atoms with Crippen LogP contribution in [0.2, 0.25) is 0 Å². The van der Waals surface area contributed by atoms with Crippen molar-refractivity contribution in [3.63, 3.8) is 0 Å². The van der Waals surface area contributed by atoms with Crippen LogP contribution in [0.4, 0.5) is 0 Å². The van der Waals surface area contributed by atoms with E-state index >= 15 is 0 Å². The molecule has 0 aromatic heterocycles. The number of esters is 4. The van der Waals surface area contributed by atoms with Gasteiger partial charge in [-0.25, -0.2) is 9.13 Å². The maximum absolute atomic E-state index is 13.1. The number of aliphatic hydroxyl groups is 1. The highest BCUT2D eigenvalue weighted by atomic mass is 31.2. The number of hydrogen-bond acceptors (Lipinski definition) is 15. The van der Waals surface area contributed by atoms with E-state index in [1.54, 1.807) is 0 Å². The minimum Gasteiger partial charge on any atom is -0.462 e. The number of aliphatic hydroxyl groups excluding tert-OH is 1. The monoisotopic (exact) mass is 1360 g/mol. The Labute approximate surface area is 567 Å². The van der Waals surface area contributed by atoms with Crippen LogP contribution in [-0.2, 0) is 65.4 Å². The maximum atomic E-state index is 13.1. The third-order valence-corrected chi connectivity index (χ3v) is 18.6. The molecular weight excluding hydrogens is 1220 g/mol. The molecule has 0 bridgehead atoms. The van der Waals surface area contributed by atoms with Crippen molar-refractivity contribution in [1.82, 2.24) is 0 Å². The fourth-order valence-corrected chi connectivity index (χ4v) is 12.4. The molecule has 0 heterocycles. The molecular formula is C74H140O17P2. The molecule has 0 aliphatic rings. The topological polar surface area (TPSA) is 237 Å². The van der Waals surface area contributed by atoms with Gasteiger partial charge in [0.15, 0.2) is 12.2 Å². The zero-order chi connectivity index (χ0) is 68.4. The normalized spacial score (nSPS) is 14.2. The van der Waals surface area contributed by atoms with Crippen molar-refractivity contribution < 1.29 is 80.2 Å². The van der Waals surface area contributed by atoms with Gasteiger partial charge in [-0.1, -0.05) is 309 Å². The average molecular weight is 1360 g/mol. The van der Waals surface area contributed by atoms with Crippen LogP contribution < -0.4 is 0 Å². The zero-order valence-electron chi connectivity index (χ0n) is 59.9. The lowest BCUT2D eigenvalue weighted by Gasteiger charge is -2.21. The van der Waals surface area contributed by atoms with Gasteiger partial charge in [0.25, 0.3) is 0 Å². The molecule has 548 valence electrons. The molecule has 19 heteroatoms. The van der Waals surface area contributed by atoms with E-state index in [9.17, 15) is 43.2 Å². The zero-order valence-corrected chi connectivity index (χ0v) is 61.7. The molecule has 0 aromatic carbocycles. The van der Waals surface area contributed by atoms with Crippen LogP contribution in [0.25, 0.3) is 0 Å². The van der Waals surface area contributed by atoms with Crippen LogP contribution in [0.15, 0.2) is 24.3 Å². The molecule has 0 radical (unpaired) electrons. The molecule has 5 atom stereocenters. The number of hydrogen-bond donors (Lipinski definition) is 3. The van der Waals surface area contributed by atoms with Crippen LogP contribution in [0, 0.1) is 5.92 Å². The van der Waals surface area contributed by atoms with Gasteiger partial charge in [-0.15, -0.1) is 0 Å². The van der Waals surface area contributed by atoms with Crippen LogP contribution in [0.5, 0.6) is 0 Å². The molecule has 0 aromatic rings. The molecule has 17 nitrogen and oxygen atoms in total. The Morgan fingerprint density at radius 2 is 0.581 bits per heavy atom. The molecule has 0 saturated carbocycles. The van der Waals surface area contributed by atoms with E-state index in [0.717, 1.165) is 121 Å². The molecule has 0 rings (SSSR count). The summed E-state index contributed by atoms with van der Waals surface area (Å²) in [4.78, 5) is 72.3. The van der Waals surface area contributed by atoms with E-state index in [4.69, 9.17) is 37.0 Å². The lowest BCUT2D eigenvalue weighted by Crippen LogP contribution is -2.30. The number of rotatable bonds is 72. The second-order valence-electron chi connectivity index (χ2n) is 26.5. The standard InChI is InChI=1S/C74H140O17P2/c1-6-9-12-15-17-19-21-23-25-26-27-28-29-30-31-33-35-37-39-44-49-54-59-73(78)91-70(64-85-72(77)58-53-48-43-38-36-34-32-24-22-20-18-16-13-10-7-2)66-89-93(82,83)87-62-68(75)61-86-92(80,81)88-65-69(63-84-71(76)57-52-46-14-11-8-3)90-74(79)60-55-50-45-41-40-42-47-51-56-67(4)5/h20,22,24,32,67-70,75H,6-19,21,23,25-31,33-66H2,1-5H3,(H,80,81)(H,82,83)/b22-20-,32-24-/t68-,69+,70+/m0/s1. The van der Waals surface area contributed by atoms with Gasteiger partial charge in [0.05, 0.1) is 26.4 Å². The number of phosphoric acid groups is 2. The molecule has 0 aliphatic heterocycles. The minimum atomic E-state index is -4.96. The van der Waals surface area contributed by atoms with Gasteiger partial charge in [-0.3, -0.25) is 37.3 Å². The predicted octanol–water partition coefficient (Wildman–Crippen LogP) is 21.2. The Balaban J connectivity index is 5.14. The van der Waals surface area contributed by atoms with Crippen molar-refractivity contribution in [1.29, 1.82) is 0 Å². The largest absolute Gasteiger partial charge is 0.472 e. The Morgan fingerprint density at radius 3 is 0.882 bits per heavy atom. The van der Waals surface area contributed by atoms with Crippen LogP contribution in [0.1, 0.15) is 362 Å². The van der Waals surface area contributed by atoms with Crippen molar-refractivity contribution in [2.75, 3.05) is 39.6 Å². The Morgan fingerprint density at radius 1 is 0.333 bits per heavy atom. The van der Waals surface area contributed by atoms with Crippen molar-refractivity contribution in [3.8, 4) is 0 Å². The number of carbonyl (C=O) groups is 4. The Bertz CT molecular complexity index is 1880.